The van der Waals surface area contributed by atoms with E-state index in [1.165, 1.54) is 10.1 Å². The molecule has 2 fully saturated rings. The molecule has 0 aromatic rings. The van der Waals surface area contributed by atoms with Crippen LogP contribution in [0.5, 0.6) is 0 Å². The van der Waals surface area contributed by atoms with Crippen molar-refractivity contribution in [2.45, 2.75) is 103 Å². The Hall–Kier alpha value is -1.22. The predicted octanol–water partition coefficient (Wildman–Crippen LogP) is 3.46. The summed E-state index contributed by atoms with van der Waals surface area (Å²) in [7, 11) is 0. The largest absolute Gasteiger partial charge is 0.480 e. The van der Waals surface area contributed by atoms with Crippen molar-refractivity contribution in [1.29, 1.82) is 0 Å². The standard InChI is InChI=1S/C21H38N2O6/c1-17(2)9-13(10-18(3,4)22(17)28)21(15(24)25,16(26)27)14-11-19(5,6)23(29)20(7,8)12-14/h13-14,28-29H,9-12H2,1-8H3,(H,24,25)(H,26,27). The molecule has 0 aliphatic carbocycles. The predicted molar refractivity (Wildman–Crippen MR) is 107 cm³/mol. The van der Waals surface area contributed by atoms with Crippen molar-refractivity contribution >= 4 is 11.9 Å². The number of rotatable bonds is 4. The zero-order chi connectivity index (χ0) is 22.8. The minimum Gasteiger partial charge on any atom is -0.480 e. The lowest BCUT2D eigenvalue weighted by Gasteiger charge is -2.58. The van der Waals surface area contributed by atoms with Gasteiger partial charge in [0, 0.05) is 22.2 Å². The monoisotopic (exact) mass is 414 g/mol. The summed E-state index contributed by atoms with van der Waals surface area (Å²) in [4.78, 5) is 25.5. The maximum absolute atomic E-state index is 12.7. The van der Waals surface area contributed by atoms with Gasteiger partial charge < -0.3 is 20.6 Å². The number of carbonyl (C=O) groups is 2. The molecule has 2 rings (SSSR count). The SMILES string of the molecule is CC1(C)CC(C(C(=O)O)(C(=O)O)C2CC(C)(C)N(O)C(C)(C)C2)CC(C)(C)N1O. The van der Waals surface area contributed by atoms with Gasteiger partial charge in [-0.2, -0.15) is 10.1 Å². The van der Waals surface area contributed by atoms with E-state index in [4.69, 9.17) is 0 Å². The van der Waals surface area contributed by atoms with Crippen LogP contribution in [0.25, 0.3) is 0 Å². The molecule has 0 aromatic carbocycles. The van der Waals surface area contributed by atoms with Crippen LogP contribution in [0.2, 0.25) is 0 Å². The summed E-state index contributed by atoms with van der Waals surface area (Å²) in [5, 5.41) is 44.5. The molecular formula is C21H38N2O6. The highest BCUT2D eigenvalue weighted by Gasteiger charge is 2.65. The summed E-state index contributed by atoms with van der Waals surface area (Å²) < 4.78 is 0. The molecule has 168 valence electrons. The Balaban J connectivity index is 2.65. The Labute approximate surface area is 173 Å². The van der Waals surface area contributed by atoms with E-state index < -0.39 is 51.3 Å². The van der Waals surface area contributed by atoms with Crippen LogP contribution >= 0.6 is 0 Å². The van der Waals surface area contributed by atoms with Crippen LogP contribution < -0.4 is 0 Å². The highest BCUT2D eigenvalue weighted by Crippen LogP contribution is 2.56. The van der Waals surface area contributed by atoms with Gasteiger partial charge in [-0.15, -0.1) is 0 Å². The molecule has 0 atom stereocenters. The topological polar surface area (TPSA) is 122 Å². The number of nitrogens with zero attached hydrogens (tertiary/aromatic N) is 2. The second-order valence-corrected chi connectivity index (χ2v) is 11.6. The Morgan fingerprint density at radius 3 is 1.03 bits per heavy atom. The quantitative estimate of drug-likeness (QED) is 0.516. The maximum Gasteiger partial charge on any atom is 0.321 e. The molecule has 2 heterocycles. The Morgan fingerprint density at radius 2 is 0.862 bits per heavy atom. The van der Waals surface area contributed by atoms with Crippen molar-refractivity contribution in [3.05, 3.63) is 0 Å². The van der Waals surface area contributed by atoms with Crippen LogP contribution in [-0.4, -0.2) is 64.8 Å². The van der Waals surface area contributed by atoms with Gasteiger partial charge >= 0.3 is 11.9 Å². The van der Waals surface area contributed by atoms with Crippen molar-refractivity contribution in [2.75, 3.05) is 0 Å². The fraction of sp³-hybridized carbons (Fsp3) is 0.905. The van der Waals surface area contributed by atoms with E-state index >= 15 is 0 Å². The lowest BCUT2D eigenvalue weighted by molar-refractivity contribution is -0.275. The van der Waals surface area contributed by atoms with Gasteiger partial charge in [-0.25, -0.2) is 0 Å². The number of hydrogen-bond acceptors (Lipinski definition) is 6. The number of hydrogen-bond donors (Lipinski definition) is 4. The maximum atomic E-state index is 12.7. The van der Waals surface area contributed by atoms with Crippen molar-refractivity contribution in [3.8, 4) is 0 Å². The summed E-state index contributed by atoms with van der Waals surface area (Å²) >= 11 is 0. The highest BCUT2D eigenvalue weighted by atomic mass is 16.5. The molecular weight excluding hydrogens is 376 g/mol. The first-order valence-electron chi connectivity index (χ1n) is 10.3. The molecule has 2 saturated heterocycles. The molecule has 0 aromatic heterocycles. The van der Waals surface area contributed by atoms with Gasteiger partial charge in [-0.05, 0) is 92.9 Å². The first-order chi connectivity index (χ1) is 12.8. The third kappa shape index (κ3) is 3.69. The Morgan fingerprint density at radius 1 is 0.655 bits per heavy atom. The Bertz CT molecular complexity index is 591. The molecule has 0 saturated carbocycles. The highest BCUT2D eigenvalue weighted by molar-refractivity contribution is 5.99. The molecule has 0 spiro atoms. The van der Waals surface area contributed by atoms with Crippen LogP contribution in [0, 0.1) is 17.3 Å². The van der Waals surface area contributed by atoms with Gasteiger partial charge in [0.25, 0.3) is 0 Å². The fourth-order valence-corrected chi connectivity index (χ4v) is 6.31. The summed E-state index contributed by atoms with van der Waals surface area (Å²) in [6.45, 7) is 14.4. The van der Waals surface area contributed by atoms with Crippen LogP contribution in [0.1, 0.15) is 81.1 Å². The second-order valence-electron chi connectivity index (χ2n) is 11.6. The lowest BCUT2D eigenvalue weighted by atomic mass is 9.54. The van der Waals surface area contributed by atoms with Gasteiger partial charge in [0.05, 0.1) is 0 Å². The average molecular weight is 415 g/mol. The minimum atomic E-state index is -2.01. The molecule has 2 aliphatic rings. The molecule has 0 bridgehead atoms. The molecule has 0 unspecified atom stereocenters. The summed E-state index contributed by atoms with van der Waals surface area (Å²) in [6, 6.07) is 0. The van der Waals surface area contributed by atoms with Crippen LogP contribution in [0.4, 0.5) is 0 Å². The van der Waals surface area contributed by atoms with E-state index in [2.05, 4.69) is 0 Å². The van der Waals surface area contributed by atoms with Crippen molar-refractivity contribution in [1.82, 2.24) is 10.1 Å². The zero-order valence-corrected chi connectivity index (χ0v) is 19.0. The van der Waals surface area contributed by atoms with E-state index in [0.717, 1.165) is 0 Å². The van der Waals surface area contributed by atoms with Gasteiger partial charge in [0.15, 0.2) is 5.41 Å². The summed E-state index contributed by atoms with van der Waals surface area (Å²) in [5.74, 6) is -4.02. The molecule has 8 heteroatoms. The first-order valence-corrected chi connectivity index (χ1v) is 10.3. The zero-order valence-electron chi connectivity index (χ0n) is 19.0. The fourth-order valence-electron chi connectivity index (χ4n) is 6.31. The number of carboxylic acids is 2. The lowest BCUT2D eigenvalue weighted by Crippen LogP contribution is -2.67. The number of aliphatic carboxylic acids is 2. The van der Waals surface area contributed by atoms with Gasteiger partial charge in [-0.1, -0.05) is 0 Å². The number of carboxylic acid groups (broad SMARTS) is 2. The molecule has 0 radical (unpaired) electrons. The normalized spacial score (nSPS) is 28.2. The van der Waals surface area contributed by atoms with Crippen molar-refractivity contribution < 1.29 is 30.2 Å². The Kier molecular flexibility index (Phi) is 5.72. The first kappa shape index (κ1) is 24.1. The third-order valence-electron chi connectivity index (χ3n) is 7.27. The van der Waals surface area contributed by atoms with Crippen LogP contribution in [0.3, 0.4) is 0 Å². The van der Waals surface area contributed by atoms with Crippen LogP contribution in [0.15, 0.2) is 0 Å². The molecule has 8 nitrogen and oxygen atoms in total. The van der Waals surface area contributed by atoms with E-state index in [1.807, 2.05) is 0 Å². The van der Waals surface area contributed by atoms with E-state index in [9.17, 15) is 30.2 Å². The van der Waals surface area contributed by atoms with E-state index in [0.29, 0.717) is 0 Å². The molecule has 0 amide bonds. The van der Waals surface area contributed by atoms with Gasteiger partial charge in [-0.3, -0.25) is 9.59 Å². The van der Waals surface area contributed by atoms with E-state index in [1.54, 1.807) is 55.4 Å². The average Bonchev–Trinajstić information content (AvgIpc) is 2.49. The van der Waals surface area contributed by atoms with Crippen molar-refractivity contribution in [3.63, 3.8) is 0 Å². The molecule has 4 N–H and O–H groups in total. The summed E-state index contributed by atoms with van der Waals surface area (Å²) in [5.41, 5.74) is -5.10. The van der Waals surface area contributed by atoms with Crippen LogP contribution in [-0.2, 0) is 9.59 Å². The number of hydroxylamine groups is 4. The molecule has 29 heavy (non-hydrogen) atoms. The number of piperidine rings is 2. The minimum absolute atomic E-state index is 0.242. The van der Waals surface area contributed by atoms with Crippen molar-refractivity contribution in [2.24, 2.45) is 17.3 Å². The molecule has 2 aliphatic heterocycles. The van der Waals surface area contributed by atoms with Gasteiger partial charge in [0.1, 0.15) is 0 Å². The summed E-state index contributed by atoms with van der Waals surface area (Å²) in [6.07, 6.45) is 0.967. The second kappa shape index (κ2) is 6.90. The third-order valence-corrected chi connectivity index (χ3v) is 7.27. The van der Waals surface area contributed by atoms with Gasteiger partial charge in [0.2, 0.25) is 0 Å². The van der Waals surface area contributed by atoms with E-state index in [-0.39, 0.29) is 25.7 Å². The smallest absolute Gasteiger partial charge is 0.321 e.